The number of nitrogens with two attached hydrogens (primary N) is 1. The molecule has 0 saturated heterocycles. The molecular weight excluding hydrogens is 217 g/mol. The lowest BCUT2D eigenvalue weighted by Gasteiger charge is -2.13. The molecule has 0 aliphatic carbocycles. The zero-order valence-electron chi connectivity index (χ0n) is 7.84. The third-order valence-electron chi connectivity index (χ3n) is 2.06. The van der Waals surface area contributed by atoms with Gasteiger partial charge in [-0.3, -0.25) is 0 Å². The molecule has 0 bridgehead atoms. The highest BCUT2D eigenvalue weighted by Gasteiger charge is 2.10. The number of halogens is 2. The van der Waals surface area contributed by atoms with Crippen LogP contribution in [0.5, 0.6) is 0 Å². The van der Waals surface area contributed by atoms with Crippen LogP contribution in [0.4, 0.5) is 0 Å². The number of allylic oxidation sites excluding steroid dienone is 1. The lowest BCUT2D eigenvalue weighted by Crippen LogP contribution is -2.10. The molecule has 1 atom stereocenters. The van der Waals surface area contributed by atoms with Crippen molar-refractivity contribution in [1.29, 1.82) is 0 Å². The Bertz CT molecular complexity index is 323. The van der Waals surface area contributed by atoms with Crippen molar-refractivity contribution in [2.24, 2.45) is 5.73 Å². The molecule has 0 radical (unpaired) electrons. The maximum Gasteiger partial charge on any atom is 0.0640 e. The van der Waals surface area contributed by atoms with Crippen LogP contribution in [-0.2, 0) is 0 Å². The SMILES string of the molecule is C=CCCC(N)c1cccc(Cl)c1Cl. The molecule has 0 heterocycles. The van der Waals surface area contributed by atoms with Gasteiger partial charge in [-0.25, -0.2) is 0 Å². The molecule has 76 valence electrons. The minimum Gasteiger partial charge on any atom is -0.324 e. The van der Waals surface area contributed by atoms with E-state index in [4.69, 9.17) is 28.9 Å². The molecule has 1 unspecified atom stereocenters. The van der Waals surface area contributed by atoms with Gasteiger partial charge in [0.15, 0.2) is 0 Å². The summed E-state index contributed by atoms with van der Waals surface area (Å²) in [5.74, 6) is 0. The van der Waals surface area contributed by atoms with Gasteiger partial charge in [-0.15, -0.1) is 6.58 Å². The zero-order chi connectivity index (χ0) is 10.6. The highest BCUT2D eigenvalue weighted by molar-refractivity contribution is 6.42. The molecule has 1 rings (SSSR count). The number of rotatable bonds is 4. The lowest BCUT2D eigenvalue weighted by atomic mass is 10.0. The molecule has 0 amide bonds. The van der Waals surface area contributed by atoms with E-state index in [-0.39, 0.29) is 6.04 Å². The van der Waals surface area contributed by atoms with E-state index < -0.39 is 0 Å². The van der Waals surface area contributed by atoms with Gasteiger partial charge >= 0.3 is 0 Å². The lowest BCUT2D eigenvalue weighted by molar-refractivity contribution is 0.662. The standard InChI is InChI=1S/C11H13Cl2N/c1-2-3-7-10(14)8-5-4-6-9(12)11(8)13/h2,4-6,10H,1,3,7,14H2. The molecule has 2 N–H and O–H groups in total. The summed E-state index contributed by atoms with van der Waals surface area (Å²) in [6.45, 7) is 3.65. The summed E-state index contributed by atoms with van der Waals surface area (Å²) in [7, 11) is 0. The van der Waals surface area contributed by atoms with Crippen molar-refractivity contribution >= 4 is 23.2 Å². The topological polar surface area (TPSA) is 26.0 Å². The van der Waals surface area contributed by atoms with E-state index in [0.717, 1.165) is 18.4 Å². The summed E-state index contributed by atoms with van der Waals surface area (Å²) in [4.78, 5) is 0. The van der Waals surface area contributed by atoms with E-state index in [1.807, 2.05) is 18.2 Å². The third kappa shape index (κ3) is 2.74. The summed E-state index contributed by atoms with van der Waals surface area (Å²) in [6.07, 6.45) is 3.56. The average Bonchev–Trinajstić information content (AvgIpc) is 2.18. The minimum atomic E-state index is -0.0702. The summed E-state index contributed by atoms with van der Waals surface area (Å²) < 4.78 is 0. The molecule has 1 aromatic rings. The normalized spacial score (nSPS) is 12.5. The molecule has 3 heteroatoms. The Labute approximate surface area is 94.5 Å². The van der Waals surface area contributed by atoms with Crippen molar-refractivity contribution in [1.82, 2.24) is 0 Å². The van der Waals surface area contributed by atoms with Crippen LogP contribution in [0.15, 0.2) is 30.9 Å². The predicted molar refractivity (Wildman–Crippen MR) is 62.8 cm³/mol. The smallest absolute Gasteiger partial charge is 0.0640 e. The van der Waals surface area contributed by atoms with Gasteiger partial charge in [0.2, 0.25) is 0 Å². The van der Waals surface area contributed by atoms with E-state index in [1.54, 1.807) is 6.07 Å². The van der Waals surface area contributed by atoms with E-state index in [1.165, 1.54) is 0 Å². The summed E-state index contributed by atoms with van der Waals surface area (Å²) in [6, 6.07) is 5.45. The first-order valence-corrected chi connectivity index (χ1v) is 5.22. The van der Waals surface area contributed by atoms with Crippen molar-refractivity contribution in [3.8, 4) is 0 Å². The summed E-state index contributed by atoms with van der Waals surface area (Å²) in [5, 5.41) is 1.11. The monoisotopic (exact) mass is 229 g/mol. The molecule has 1 nitrogen and oxygen atoms in total. The van der Waals surface area contributed by atoms with Crippen LogP contribution < -0.4 is 5.73 Å². The Morgan fingerprint density at radius 1 is 1.43 bits per heavy atom. The van der Waals surface area contributed by atoms with Crippen LogP contribution in [0, 0.1) is 0 Å². The fourth-order valence-corrected chi connectivity index (χ4v) is 1.71. The van der Waals surface area contributed by atoms with E-state index in [0.29, 0.717) is 10.0 Å². The van der Waals surface area contributed by atoms with Crippen LogP contribution in [0.2, 0.25) is 10.0 Å². The van der Waals surface area contributed by atoms with E-state index >= 15 is 0 Å². The molecule has 0 spiro atoms. The molecular formula is C11H13Cl2N. The molecule has 1 aromatic carbocycles. The van der Waals surface area contributed by atoms with Crippen molar-refractivity contribution in [3.05, 3.63) is 46.5 Å². The first-order valence-electron chi connectivity index (χ1n) is 4.47. The molecule has 0 aliphatic heterocycles. The fraction of sp³-hybridized carbons (Fsp3) is 0.273. The van der Waals surface area contributed by atoms with Gasteiger partial charge in [-0.1, -0.05) is 41.4 Å². The Kier molecular flexibility index (Phi) is 4.46. The van der Waals surface area contributed by atoms with Crippen molar-refractivity contribution < 1.29 is 0 Å². The van der Waals surface area contributed by atoms with Crippen LogP contribution >= 0.6 is 23.2 Å². The van der Waals surface area contributed by atoms with E-state index in [9.17, 15) is 0 Å². The molecule has 0 aliphatic rings. The van der Waals surface area contributed by atoms with Crippen molar-refractivity contribution in [2.75, 3.05) is 0 Å². The number of hydrogen-bond acceptors (Lipinski definition) is 1. The predicted octanol–water partition coefficient (Wildman–Crippen LogP) is 3.96. The Morgan fingerprint density at radius 3 is 2.79 bits per heavy atom. The second kappa shape index (κ2) is 5.40. The van der Waals surface area contributed by atoms with Gasteiger partial charge in [-0.05, 0) is 24.5 Å². The second-order valence-electron chi connectivity index (χ2n) is 3.12. The first-order chi connectivity index (χ1) is 6.66. The third-order valence-corrected chi connectivity index (χ3v) is 2.90. The maximum atomic E-state index is 6.03. The van der Waals surface area contributed by atoms with Crippen LogP contribution in [-0.4, -0.2) is 0 Å². The number of hydrogen-bond donors (Lipinski definition) is 1. The van der Waals surface area contributed by atoms with Gasteiger partial charge < -0.3 is 5.73 Å². The quantitative estimate of drug-likeness (QED) is 0.778. The van der Waals surface area contributed by atoms with Gasteiger partial charge in [0.05, 0.1) is 10.0 Å². The summed E-state index contributed by atoms with van der Waals surface area (Å²) in [5.41, 5.74) is 6.86. The average molecular weight is 230 g/mol. The highest BCUT2D eigenvalue weighted by Crippen LogP contribution is 2.30. The Balaban J connectivity index is 2.83. The zero-order valence-corrected chi connectivity index (χ0v) is 9.35. The van der Waals surface area contributed by atoms with Gasteiger partial charge in [-0.2, -0.15) is 0 Å². The highest BCUT2D eigenvalue weighted by atomic mass is 35.5. The maximum absolute atomic E-state index is 6.03. The van der Waals surface area contributed by atoms with Gasteiger partial charge in [0.1, 0.15) is 0 Å². The first kappa shape index (κ1) is 11.6. The van der Waals surface area contributed by atoms with Crippen LogP contribution in [0.1, 0.15) is 24.4 Å². The second-order valence-corrected chi connectivity index (χ2v) is 3.90. The number of benzene rings is 1. The van der Waals surface area contributed by atoms with Crippen molar-refractivity contribution in [2.45, 2.75) is 18.9 Å². The van der Waals surface area contributed by atoms with Gasteiger partial charge in [0, 0.05) is 6.04 Å². The molecule has 0 fully saturated rings. The molecule has 14 heavy (non-hydrogen) atoms. The fourth-order valence-electron chi connectivity index (χ4n) is 1.26. The Hall–Kier alpha value is -0.500. The van der Waals surface area contributed by atoms with Crippen LogP contribution in [0.25, 0.3) is 0 Å². The minimum absolute atomic E-state index is 0.0702. The van der Waals surface area contributed by atoms with Gasteiger partial charge in [0.25, 0.3) is 0 Å². The largest absolute Gasteiger partial charge is 0.324 e. The van der Waals surface area contributed by atoms with E-state index in [2.05, 4.69) is 6.58 Å². The van der Waals surface area contributed by atoms with Crippen LogP contribution in [0.3, 0.4) is 0 Å². The van der Waals surface area contributed by atoms with Crippen molar-refractivity contribution in [3.63, 3.8) is 0 Å². The Morgan fingerprint density at radius 2 is 2.14 bits per heavy atom. The summed E-state index contributed by atoms with van der Waals surface area (Å²) >= 11 is 11.9. The molecule has 0 saturated carbocycles. The molecule has 0 aromatic heterocycles.